The highest BCUT2D eigenvalue weighted by Crippen LogP contribution is 2.20. The van der Waals surface area contributed by atoms with Gasteiger partial charge in [-0.2, -0.15) is 0 Å². The third-order valence-electron chi connectivity index (χ3n) is 4.37. The van der Waals surface area contributed by atoms with Crippen molar-refractivity contribution >= 4 is 23.1 Å². The molecule has 0 spiro atoms. The monoisotopic (exact) mass is 403 g/mol. The summed E-state index contributed by atoms with van der Waals surface area (Å²) < 4.78 is 14.2. The molecule has 1 aromatic carbocycles. The second-order valence-electron chi connectivity index (χ2n) is 6.42. The smallest absolute Gasteiger partial charge is 0.275 e. The van der Waals surface area contributed by atoms with Crippen molar-refractivity contribution in [2.24, 2.45) is 0 Å². The summed E-state index contributed by atoms with van der Waals surface area (Å²) in [5.74, 6) is -0.524. The Morgan fingerprint density at radius 1 is 1.10 bits per heavy atom. The minimum absolute atomic E-state index is 0.150. The number of nitrogens with one attached hydrogen (secondary N) is 3. The maximum atomic E-state index is 14.2. The molecule has 1 amide bonds. The molecular weight excluding hydrogens is 385 g/mol. The lowest BCUT2D eigenvalue weighted by atomic mass is 10.1. The van der Waals surface area contributed by atoms with E-state index in [0.717, 1.165) is 5.69 Å². The van der Waals surface area contributed by atoms with Crippen LogP contribution in [0.4, 0.5) is 21.6 Å². The van der Waals surface area contributed by atoms with Gasteiger partial charge in [0.05, 0.1) is 23.8 Å². The number of benzene rings is 1. The zero-order valence-corrected chi connectivity index (χ0v) is 15.8. The van der Waals surface area contributed by atoms with Crippen molar-refractivity contribution in [2.45, 2.75) is 6.54 Å². The molecule has 0 aliphatic rings. The van der Waals surface area contributed by atoms with Crippen molar-refractivity contribution in [3.05, 3.63) is 84.3 Å². The van der Waals surface area contributed by atoms with Gasteiger partial charge in [-0.15, -0.1) is 0 Å². The topological polar surface area (TPSA) is 122 Å². The molecule has 0 radical (unpaired) electrons. The molecule has 5 N–H and O–H groups in total. The molecular formula is C21H18FN7O. The van der Waals surface area contributed by atoms with Crippen LogP contribution in [0.1, 0.15) is 16.1 Å². The van der Waals surface area contributed by atoms with Crippen LogP contribution in [-0.2, 0) is 6.54 Å². The van der Waals surface area contributed by atoms with Crippen LogP contribution in [-0.4, -0.2) is 25.8 Å². The highest BCUT2D eigenvalue weighted by atomic mass is 19.1. The number of aromatic nitrogens is 4. The minimum Gasteiger partial charge on any atom is -0.382 e. The zero-order chi connectivity index (χ0) is 20.9. The SMILES string of the molecule is Nc1ncccc1NCc1cc(NC(=O)c2cnc(-c3ccc[nH]3)cn2)ccc1F. The van der Waals surface area contributed by atoms with Crippen LogP contribution in [0.25, 0.3) is 11.4 Å². The van der Waals surface area contributed by atoms with E-state index in [2.05, 4.69) is 30.6 Å². The number of pyridine rings is 1. The van der Waals surface area contributed by atoms with Crippen LogP contribution < -0.4 is 16.4 Å². The summed E-state index contributed by atoms with van der Waals surface area (Å²) in [6.45, 7) is 0.177. The number of nitrogen functional groups attached to an aromatic ring is 1. The van der Waals surface area contributed by atoms with Crippen molar-refractivity contribution < 1.29 is 9.18 Å². The Kier molecular flexibility index (Phi) is 5.33. The first kappa shape index (κ1) is 19.1. The Bertz CT molecular complexity index is 1160. The predicted molar refractivity (Wildman–Crippen MR) is 112 cm³/mol. The summed E-state index contributed by atoms with van der Waals surface area (Å²) in [5.41, 5.74) is 8.77. The van der Waals surface area contributed by atoms with Gasteiger partial charge >= 0.3 is 0 Å². The number of H-pyrrole nitrogens is 1. The molecule has 150 valence electrons. The Labute approximate surface area is 171 Å². The molecule has 9 heteroatoms. The third kappa shape index (κ3) is 4.25. The van der Waals surface area contributed by atoms with Gasteiger partial charge in [0.1, 0.15) is 23.0 Å². The molecule has 0 saturated heterocycles. The largest absolute Gasteiger partial charge is 0.382 e. The summed E-state index contributed by atoms with van der Waals surface area (Å²) in [6.07, 6.45) is 6.26. The number of amides is 1. The molecule has 0 aliphatic heterocycles. The van der Waals surface area contributed by atoms with Gasteiger partial charge in [0, 0.05) is 30.2 Å². The van der Waals surface area contributed by atoms with Crippen molar-refractivity contribution in [3.8, 4) is 11.4 Å². The maximum absolute atomic E-state index is 14.2. The van der Waals surface area contributed by atoms with Crippen LogP contribution in [0.15, 0.2) is 67.3 Å². The summed E-state index contributed by atoms with van der Waals surface area (Å²) in [4.78, 5) is 27.9. The Morgan fingerprint density at radius 3 is 2.73 bits per heavy atom. The maximum Gasteiger partial charge on any atom is 0.275 e. The first-order valence-corrected chi connectivity index (χ1v) is 9.10. The second-order valence-corrected chi connectivity index (χ2v) is 6.42. The fourth-order valence-corrected chi connectivity index (χ4v) is 2.81. The fourth-order valence-electron chi connectivity index (χ4n) is 2.81. The van der Waals surface area contributed by atoms with Crippen LogP contribution in [0.5, 0.6) is 0 Å². The number of carbonyl (C=O) groups excluding carboxylic acids is 1. The van der Waals surface area contributed by atoms with E-state index in [1.807, 2.05) is 12.1 Å². The molecule has 0 aliphatic carbocycles. The molecule has 0 atom stereocenters. The second kappa shape index (κ2) is 8.39. The van der Waals surface area contributed by atoms with Gasteiger partial charge in [0.15, 0.2) is 0 Å². The quantitative estimate of drug-likeness (QED) is 0.391. The van der Waals surface area contributed by atoms with Crippen molar-refractivity contribution in [1.82, 2.24) is 19.9 Å². The van der Waals surface area contributed by atoms with Gasteiger partial charge < -0.3 is 21.4 Å². The summed E-state index contributed by atoms with van der Waals surface area (Å²) in [6, 6.07) is 11.5. The number of hydrogen-bond acceptors (Lipinski definition) is 6. The van der Waals surface area contributed by atoms with Crippen LogP contribution in [0.3, 0.4) is 0 Å². The molecule has 30 heavy (non-hydrogen) atoms. The van der Waals surface area contributed by atoms with Gasteiger partial charge in [0.25, 0.3) is 5.91 Å². The molecule has 0 fully saturated rings. The molecule has 0 unspecified atom stereocenters. The molecule has 0 saturated carbocycles. The molecule has 0 bridgehead atoms. The summed E-state index contributed by atoms with van der Waals surface area (Å²) >= 11 is 0. The standard InChI is InChI=1S/C21H18FN7O/c22-15-6-5-14(9-13(15)10-26-17-4-2-8-25-20(17)23)29-21(30)19-12-27-18(11-28-19)16-3-1-7-24-16/h1-9,11-12,24,26H,10H2,(H2,23,25)(H,29,30). The van der Waals surface area contributed by atoms with E-state index < -0.39 is 11.7 Å². The van der Waals surface area contributed by atoms with E-state index in [0.29, 0.717) is 28.5 Å². The normalized spacial score (nSPS) is 10.6. The van der Waals surface area contributed by atoms with Gasteiger partial charge in [-0.1, -0.05) is 0 Å². The number of nitrogens with zero attached hydrogens (tertiary/aromatic N) is 3. The van der Waals surface area contributed by atoms with E-state index >= 15 is 0 Å². The van der Waals surface area contributed by atoms with Gasteiger partial charge in [-0.05, 0) is 42.5 Å². The van der Waals surface area contributed by atoms with E-state index in [4.69, 9.17) is 5.73 Å². The van der Waals surface area contributed by atoms with Gasteiger partial charge in [0.2, 0.25) is 0 Å². The van der Waals surface area contributed by atoms with Crippen molar-refractivity contribution in [3.63, 3.8) is 0 Å². The lowest BCUT2D eigenvalue weighted by Crippen LogP contribution is -2.14. The fraction of sp³-hybridized carbons (Fsp3) is 0.0476. The number of carbonyl (C=O) groups is 1. The third-order valence-corrected chi connectivity index (χ3v) is 4.37. The van der Waals surface area contributed by atoms with E-state index in [1.54, 1.807) is 30.6 Å². The number of halogens is 1. The van der Waals surface area contributed by atoms with E-state index in [9.17, 15) is 9.18 Å². The molecule has 4 aromatic rings. The number of aromatic amines is 1. The molecule has 3 heterocycles. The van der Waals surface area contributed by atoms with Gasteiger partial charge in [-0.3, -0.25) is 9.78 Å². The van der Waals surface area contributed by atoms with Gasteiger partial charge in [-0.25, -0.2) is 14.4 Å². The average molecular weight is 403 g/mol. The highest BCUT2D eigenvalue weighted by Gasteiger charge is 2.12. The first-order valence-electron chi connectivity index (χ1n) is 9.10. The Hall–Kier alpha value is -4.27. The number of anilines is 3. The molecule has 4 rings (SSSR count). The van der Waals surface area contributed by atoms with Crippen LogP contribution in [0.2, 0.25) is 0 Å². The Morgan fingerprint density at radius 2 is 2.00 bits per heavy atom. The van der Waals surface area contributed by atoms with E-state index in [-0.39, 0.29) is 12.2 Å². The van der Waals surface area contributed by atoms with Crippen molar-refractivity contribution in [1.29, 1.82) is 0 Å². The summed E-state index contributed by atoms with van der Waals surface area (Å²) in [5, 5.41) is 5.75. The number of rotatable bonds is 6. The molecule has 8 nitrogen and oxygen atoms in total. The zero-order valence-electron chi connectivity index (χ0n) is 15.8. The minimum atomic E-state index is -0.442. The summed E-state index contributed by atoms with van der Waals surface area (Å²) in [7, 11) is 0. The molecule has 3 aromatic heterocycles. The van der Waals surface area contributed by atoms with Crippen LogP contribution >= 0.6 is 0 Å². The predicted octanol–water partition coefficient (Wildman–Crippen LogP) is 3.45. The lowest BCUT2D eigenvalue weighted by molar-refractivity contribution is 0.102. The number of hydrogen-bond donors (Lipinski definition) is 4. The van der Waals surface area contributed by atoms with E-state index in [1.165, 1.54) is 24.5 Å². The first-order chi connectivity index (χ1) is 14.6. The highest BCUT2D eigenvalue weighted by molar-refractivity contribution is 6.02. The lowest BCUT2D eigenvalue weighted by Gasteiger charge is -2.11. The van der Waals surface area contributed by atoms with Crippen LogP contribution in [0, 0.1) is 5.82 Å². The Balaban J connectivity index is 1.44. The van der Waals surface area contributed by atoms with Crippen molar-refractivity contribution in [2.75, 3.05) is 16.4 Å². The number of nitrogens with two attached hydrogens (primary N) is 1. The average Bonchev–Trinajstić information content (AvgIpc) is 3.30.